The molecule has 2 amide bonds. The average Bonchev–Trinajstić information content (AvgIpc) is 3.20. The standard InChI is InChI=1S/C21H18N2O3/c24-20(17-10-5-2-6-11-17)23-19(14-18-12-7-13-26-18)21(25)22-15-16-8-3-1-4-9-16/h1-14H,15H2,(H,22,25)(H,23,24)/b19-14-. The van der Waals surface area contributed by atoms with Gasteiger partial charge in [-0.05, 0) is 29.8 Å². The van der Waals surface area contributed by atoms with Crippen molar-refractivity contribution in [1.82, 2.24) is 10.6 Å². The Kier molecular flexibility index (Phi) is 5.62. The van der Waals surface area contributed by atoms with Gasteiger partial charge in [0.05, 0.1) is 6.26 Å². The number of nitrogens with one attached hydrogen (secondary N) is 2. The largest absolute Gasteiger partial charge is 0.465 e. The summed E-state index contributed by atoms with van der Waals surface area (Å²) < 4.78 is 5.26. The number of rotatable bonds is 6. The van der Waals surface area contributed by atoms with Gasteiger partial charge >= 0.3 is 0 Å². The van der Waals surface area contributed by atoms with Gasteiger partial charge in [0.15, 0.2) is 0 Å². The van der Waals surface area contributed by atoms with Gasteiger partial charge in [-0.25, -0.2) is 0 Å². The summed E-state index contributed by atoms with van der Waals surface area (Å²) in [5, 5.41) is 5.46. The summed E-state index contributed by atoms with van der Waals surface area (Å²) in [7, 11) is 0. The molecule has 0 aliphatic rings. The van der Waals surface area contributed by atoms with Crippen LogP contribution in [0.1, 0.15) is 21.7 Å². The highest BCUT2D eigenvalue weighted by molar-refractivity contribution is 6.05. The summed E-state index contributed by atoms with van der Waals surface area (Å²) >= 11 is 0. The Morgan fingerprint density at radius 2 is 1.58 bits per heavy atom. The second-order valence-electron chi connectivity index (χ2n) is 5.56. The average molecular weight is 346 g/mol. The smallest absolute Gasteiger partial charge is 0.268 e. The fourth-order valence-corrected chi connectivity index (χ4v) is 2.33. The van der Waals surface area contributed by atoms with E-state index in [4.69, 9.17) is 4.42 Å². The zero-order chi connectivity index (χ0) is 18.2. The number of amides is 2. The van der Waals surface area contributed by atoms with Crippen molar-refractivity contribution >= 4 is 17.9 Å². The molecule has 0 bridgehead atoms. The quantitative estimate of drug-likeness (QED) is 0.672. The van der Waals surface area contributed by atoms with Crippen LogP contribution in [-0.4, -0.2) is 11.8 Å². The topological polar surface area (TPSA) is 71.3 Å². The highest BCUT2D eigenvalue weighted by atomic mass is 16.3. The van der Waals surface area contributed by atoms with Gasteiger partial charge in [0, 0.05) is 18.2 Å². The Morgan fingerprint density at radius 1 is 0.885 bits per heavy atom. The maximum absolute atomic E-state index is 12.6. The zero-order valence-electron chi connectivity index (χ0n) is 14.0. The predicted molar refractivity (Wildman–Crippen MR) is 98.9 cm³/mol. The van der Waals surface area contributed by atoms with Gasteiger partial charge in [0.2, 0.25) is 0 Å². The lowest BCUT2D eigenvalue weighted by molar-refractivity contribution is -0.117. The van der Waals surface area contributed by atoms with E-state index < -0.39 is 5.91 Å². The molecule has 3 aromatic rings. The Balaban J connectivity index is 1.75. The van der Waals surface area contributed by atoms with E-state index in [0.29, 0.717) is 17.9 Å². The lowest BCUT2D eigenvalue weighted by atomic mass is 10.2. The minimum Gasteiger partial charge on any atom is -0.465 e. The van der Waals surface area contributed by atoms with Crippen molar-refractivity contribution in [3.63, 3.8) is 0 Å². The zero-order valence-corrected chi connectivity index (χ0v) is 14.0. The molecule has 2 N–H and O–H groups in total. The monoisotopic (exact) mass is 346 g/mol. The molecule has 0 atom stereocenters. The number of carbonyl (C=O) groups is 2. The molecule has 26 heavy (non-hydrogen) atoms. The number of benzene rings is 2. The molecule has 5 nitrogen and oxygen atoms in total. The normalized spacial score (nSPS) is 11.0. The molecular weight excluding hydrogens is 328 g/mol. The van der Waals surface area contributed by atoms with E-state index in [0.717, 1.165) is 5.56 Å². The fraction of sp³-hybridized carbons (Fsp3) is 0.0476. The van der Waals surface area contributed by atoms with E-state index in [9.17, 15) is 9.59 Å². The summed E-state index contributed by atoms with van der Waals surface area (Å²) in [4.78, 5) is 25.0. The first kappa shape index (κ1) is 17.2. The molecule has 1 heterocycles. The van der Waals surface area contributed by atoms with E-state index in [1.807, 2.05) is 36.4 Å². The first-order valence-corrected chi connectivity index (χ1v) is 8.16. The molecule has 1 aromatic heterocycles. The Labute approximate surface area is 151 Å². The summed E-state index contributed by atoms with van der Waals surface area (Å²) in [6, 6.07) is 21.7. The molecule has 0 saturated heterocycles. The summed E-state index contributed by atoms with van der Waals surface area (Å²) in [5.74, 6) is -0.281. The van der Waals surface area contributed by atoms with E-state index in [1.165, 1.54) is 12.3 Å². The van der Waals surface area contributed by atoms with Gasteiger partial charge in [-0.15, -0.1) is 0 Å². The lowest BCUT2D eigenvalue weighted by Gasteiger charge is -2.11. The van der Waals surface area contributed by atoms with Crippen LogP contribution in [0, 0.1) is 0 Å². The van der Waals surface area contributed by atoms with Gasteiger partial charge < -0.3 is 15.1 Å². The second-order valence-corrected chi connectivity index (χ2v) is 5.56. The van der Waals surface area contributed by atoms with Crippen molar-refractivity contribution in [2.75, 3.05) is 0 Å². The Hall–Kier alpha value is -3.60. The van der Waals surface area contributed by atoms with Crippen LogP contribution < -0.4 is 10.6 Å². The van der Waals surface area contributed by atoms with Crippen LogP contribution in [0.15, 0.2) is 89.2 Å². The van der Waals surface area contributed by atoms with Crippen LogP contribution in [0.4, 0.5) is 0 Å². The molecule has 3 rings (SSSR count). The third-order valence-corrected chi connectivity index (χ3v) is 3.65. The van der Waals surface area contributed by atoms with Crippen molar-refractivity contribution in [2.45, 2.75) is 6.54 Å². The SMILES string of the molecule is O=C(NCc1ccccc1)/C(=C/c1ccco1)NC(=O)c1ccccc1. The van der Waals surface area contributed by atoms with Crippen LogP contribution in [0.25, 0.3) is 6.08 Å². The van der Waals surface area contributed by atoms with E-state index in [-0.39, 0.29) is 11.6 Å². The summed E-state index contributed by atoms with van der Waals surface area (Å²) in [6.07, 6.45) is 3.01. The van der Waals surface area contributed by atoms with Crippen LogP contribution in [0.5, 0.6) is 0 Å². The summed E-state index contributed by atoms with van der Waals surface area (Å²) in [5.41, 5.74) is 1.55. The highest BCUT2D eigenvalue weighted by Crippen LogP contribution is 2.08. The minimum atomic E-state index is -0.394. The molecular formula is C21H18N2O3. The predicted octanol–water partition coefficient (Wildman–Crippen LogP) is 3.37. The molecule has 5 heteroatoms. The van der Waals surface area contributed by atoms with Crippen LogP contribution in [-0.2, 0) is 11.3 Å². The van der Waals surface area contributed by atoms with E-state index in [1.54, 1.807) is 36.4 Å². The number of furan rings is 1. The second kappa shape index (κ2) is 8.48. The number of hydrogen-bond acceptors (Lipinski definition) is 3. The highest BCUT2D eigenvalue weighted by Gasteiger charge is 2.15. The molecule has 0 aliphatic heterocycles. The molecule has 0 saturated carbocycles. The maximum Gasteiger partial charge on any atom is 0.268 e. The van der Waals surface area contributed by atoms with E-state index in [2.05, 4.69) is 10.6 Å². The molecule has 0 unspecified atom stereocenters. The van der Waals surface area contributed by atoms with Crippen molar-refractivity contribution in [3.05, 3.63) is 102 Å². The maximum atomic E-state index is 12.6. The van der Waals surface area contributed by atoms with Crippen LogP contribution in [0.3, 0.4) is 0 Å². The molecule has 130 valence electrons. The first-order valence-electron chi connectivity index (χ1n) is 8.16. The molecule has 0 fully saturated rings. The van der Waals surface area contributed by atoms with Gasteiger partial charge in [0.25, 0.3) is 11.8 Å². The number of hydrogen-bond donors (Lipinski definition) is 2. The third kappa shape index (κ3) is 4.70. The van der Waals surface area contributed by atoms with Crippen molar-refractivity contribution in [2.24, 2.45) is 0 Å². The fourth-order valence-electron chi connectivity index (χ4n) is 2.33. The Morgan fingerprint density at radius 3 is 2.23 bits per heavy atom. The molecule has 0 radical (unpaired) electrons. The first-order chi connectivity index (χ1) is 12.7. The molecule has 2 aromatic carbocycles. The van der Waals surface area contributed by atoms with Crippen LogP contribution >= 0.6 is 0 Å². The van der Waals surface area contributed by atoms with Gasteiger partial charge in [-0.1, -0.05) is 48.5 Å². The lowest BCUT2D eigenvalue weighted by Crippen LogP contribution is -2.34. The Bertz CT molecular complexity index is 886. The van der Waals surface area contributed by atoms with Crippen LogP contribution in [0.2, 0.25) is 0 Å². The van der Waals surface area contributed by atoms with Gasteiger partial charge in [-0.2, -0.15) is 0 Å². The number of carbonyl (C=O) groups excluding carboxylic acids is 2. The third-order valence-electron chi connectivity index (χ3n) is 3.65. The molecule has 0 aliphatic carbocycles. The van der Waals surface area contributed by atoms with Gasteiger partial charge in [0.1, 0.15) is 11.5 Å². The van der Waals surface area contributed by atoms with E-state index >= 15 is 0 Å². The minimum absolute atomic E-state index is 0.115. The summed E-state index contributed by atoms with van der Waals surface area (Å²) in [6.45, 7) is 0.358. The van der Waals surface area contributed by atoms with Crippen molar-refractivity contribution in [3.8, 4) is 0 Å². The molecule has 0 spiro atoms. The van der Waals surface area contributed by atoms with Gasteiger partial charge in [-0.3, -0.25) is 9.59 Å². The van der Waals surface area contributed by atoms with Crippen molar-refractivity contribution < 1.29 is 14.0 Å². The van der Waals surface area contributed by atoms with Crippen molar-refractivity contribution in [1.29, 1.82) is 0 Å².